The quantitative estimate of drug-likeness (QED) is 0.512. The van der Waals surface area contributed by atoms with Gasteiger partial charge in [-0.25, -0.2) is 0 Å². The first-order chi connectivity index (χ1) is 0. The molecule has 0 saturated heterocycles. The van der Waals surface area contributed by atoms with E-state index in [0.29, 0.717) is 0 Å². The van der Waals surface area contributed by atoms with Crippen molar-refractivity contribution in [2.75, 3.05) is 0 Å². The van der Waals surface area contributed by atoms with Gasteiger partial charge in [0, 0.05) is 42.1 Å². The van der Waals surface area contributed by atoms with E-state index in [0.717, 1.165) is 0 Å². The van der Waals surface area contributed by atoms with Crippen LogP contribution in [0.3, 0.4) is 0 Å². The minimum atomic E-state index is 0. The largest absolute Gasteiger partial charge is 0.197 e. The molecule has 4 heteroatoms. The maximum absolute atomic E-state index is 0. The molecule has 5 heavy (non-hydrogen) atoms. The maximum Gasteiger partial charge on any atom is 0 e. The molecule has 0 spiro atoms. The Morgan fingerprint density at radius 2 is 0.600 bits per heavy atom. The first-order valence-electron chi connectivity index (χ1n) is 0. The van der Waals surface area contributed by atoms with Crippen LogP contribution < -0.4 is 0 Å². The summed E-state index contributed by atoms with van der Waals surface area (Å²) in [5.74, 6) is 0. The molecule has 0 fully saturated rings. The fourth-order valence-electron chi connectivity index (χ4n) is 0. The predicted molar refractivity (Wildman–Crippen MR) is 27.5 cm³/mol. The summed E-state index contributed by atoms with van der Waals surface area (Å²) in [7, 11) is 0. The van der Waals surface area contributed by atoms with Crippen molar-refractivity contribution in [1.29, 1.82) is 0 Å². The van der Waals surface area contributed by atoms with Gasteiger partial charge in [0.05, 0.1) is 0 Å². The molecule has 0 radical (unpaired) electrons. The zero-order chi connectivity index (χ0) is 0. The molecule has 0 rings (SSSR count). The fraction of sp³-hybridized carbons (Fsp3) is 1.00. The van der Waals surface area contributed by atoms with Crippen LogP contribution in [-0.2, 0) is 42.1 Å². The number of hydrogen-bond donors (Lipinski definition) is 0. The minimum absolute atomic E-state index is 0. The van der Waals surface area contributed by atoms with Gasteiger partial charge in [0.1, 0.15) is 0 Å². The summed E-state index contributed by atoms with van der Waals surface area (Å²) < 4.78 is 0. The summed E-state index contributed by atoms with van der Waals surface area (Å²) in [6, 6.07) is 0. The van der Waals surface area contributed by atoms with E-state index >= 15 is 0 Å². The second kappa shape index (κ2) is 36.3. The molecule has 0 aliphatic carbocycles. The monoisotopic (exact) mass is 452 g/mol. The zero-order valence-corrected chi connectivity index (χ0v) is 9.68. The van der Waals surface area contributed by atoms with Gasteiger partial charge in [-0.1, -0.05) is 7.43 Å². The maximum atomic E-state index is 0. The van der Waals surface area contributed by atoms with Crippen molar-refractivity contribution in [3.63, 3.8) is 0 Å². The van der Waals surface area contributed by atoms with E-state index in [4.69, 9.17) is 0 Å². The van der Waals surface area contributed by atoms with Crippen LogP contribution in [0.2, 0.25) is 0 Å². The molecule has 0 aromatic rings. The van der Waals surface area contributed by atoms with E-state index in [1.54, 1.807) is 0 Å². The normalized spacial score (nSPS) is 0. The van der Waals surface area contributed by atoms with E-state index in [1.807, 2.05) is 0 Å². The SMILES string of the molecule is C.S.S.[W].[W]. The molecule has 0 aliphatic heterocycles. The van der Waals surface area contributed by atoms with Crippen LogP contribution in [0.25, 0.3) is 0 Å². The van der Waals surface area contributed by atoms with E-state index in [2.05, 4.69) is 0 Å². The summed E-state index contributed by atoms with van der Waals surface area (Å²) in [6.07, 6.45) is 0. The smallest absolute Gasteiger partial charge is 0 e. The van der Waals surface area contributed by atoms with Gasteiger partial charge in [-0.05, 0) is 0 Å². The van der Waals surface area contributed by atoms with Crippen LogP contribution in [0.1, 0.15) is 7.43 Å². The fourth-order valence-corrected chi connectivity index (χ4v) is 0. The molecule has 0 nitrogen and oxygen atoms in total. The zero-order valence-electron chi connectivity index (χ0n) is 1.82. The van der Waals surface area contributed by atoms with Gasteiger partial charge in [-0.15, -0.1) is 0 Å². The van der Waals surface area contributed by atoms with Crippen molar-refractivity contribution in [2.24, 2.45) is 0 Å². The van der Waals surface area contributed by atoms with E-state index in [1.165, 1.54) is 0 Å². The molecule has 0 aromatic heterocycles. The van der Waals surface area contributed by atoms with Crippen LogP contribution in [-0.4, -0.2) is 0 Å². The standard InChI is InChI=1S/CH4.2H2S.2W/h1H4;2*1H2;;. The van der Waals surface area contributed by atoms with E-state index < -0.39 is 0 Å². The Morgan fingerprint density at radius 1 is 0.600 bits per heavy atom. The van der Waals surface area contributed by atoms with Gasteiger partial charge in [-0.2, -0.15) is 27.0 Å². The van der Waals surface area contributed by atoms with E-state index in [-0.39, 0.29) is 76.5 Å². The molecule has 36 valence electrons. The summed E-state index contributed by atoms with van der Waals surface area (Å²) >= 11 is 0. The third-order valence-electron chi connectivity index (χ3n) is 0. The number of rotatable bonds is 0. The van der Waals surface area contributed by atoms with Crippen LogP contribution in [0.4, 0.5) is 0 Å². The molecule has 0 aliphatic rings. The molecule has 0 aromatic carbocycles. The van der Waals surface area contributed by atoms with Gasteiger partial charge in [0.15, 0.2) is 0 Å². The molecule has 0 heterocycles. The Labute approximate surface area is 75.9 Å². The minimum Gasteiger partial charge on any atom is -0.197 e. The molecule has 0 saturated carbocycles. The van der Waals surface area contributed by atoms with Crippen molar-refractivity contribution < 1.29 is 42.1 Å². The topological polar surface area (TPSA) is 0 Å². The van der Waals surface area contributed by atoms with Crippen molar-refractivity contribution >= 4 is 27.0 Å². The second-order valence-corrected chi connectivity index (χ2v) is 0. The van der Waals surface area contributed by atoms with Crippen LogP contribution in [0.5, 0.6) is 0 Å². The van der Waals surface area contributed by atoms with Crippen LogP contribution >= 0.6 is 27.0 Å². The molecule has 0 bridgehead atoms. The first kappa shape index (κ1) is 60.6. The first-order valence-corrected chi connectivity index (χ1v) is 0. The Balaban J connectivity index is 0. The van der Waals surface area contributed by atoms with Gasteiger partial charge < -0.3 is 0 Å². The molecule has 0 unspecified atom stereocenters. The van der Waals surface area contributed by atoms with Gasteiger partial charge in [0.25, 0.3) is 0 Å². The molecular weight excluding hydrogens is 444 g/mol. The van der Waals surface area contributed by atoms with Crippen molar-refractivity contribution in [2.45, 2.75) is 7.43 Å². The molecular formula is CH8S2W2. The summed E-state index contributed by atoms with van der Waals surface area (Å²) in [5, 5.41) is 0. The second-order valence-electron chi connectivity index (χ2n) is 0. The summed E-state index contributed by atoms with van der Waals surface area (Å²) in [6.45, 7) is 0. The van der Waals surface area contributed by atoms with Crippen LogP contribution in [0.15, 0.2) is 0 Å². The van der Waals surface area contributed by atoms with Crippen molar-refractivity contribution in [3.05, 3.63) is 0 Å². The van der Waals surface area contributed by atoms with Crippen molar-refractivity contribution in [3.8, 4) is 0 Å². The average molecular weight is 452 g/mol. The van der Waals surface area contributed by atoms with Crippen LogP contribution in [0, 0.1) is 0 Å². The number of hydrogen-bond acceptors (Lipinski definition) is 0. The van der Waals surface area contributed by atoms with Gasteiger partial charge in [-0.3, -0.25) is 0 Å². The van der Waals surface area contributed by atoms with Crippen molar-refractivity contribution in [1.82, 2.24) is 0 Å². The van der Waals surface area contributed by atoms with E-state index in [9.17, 15) is 0 Å². The Bertz CT molecular complexity index is 7.61. The Kier molecular flexibility index (Phi) is 440. The van der Waals surface area contributed by atoms with Gasteiger partial charge in [0.2, 0.25) is 0 Å². The third kappa shape index (κ3) is 23.4. The predicted octanol–water partition coefficient (Wildman–Crippen LogP) is 0.857. The summed E-state index contributed by atoms with van der Waals surface area (Å²) in [5.41, 5.74) is 0. The summed E-state index contributed by atoms with van der Waals surface area (Å²) in [4.78, 5) is 0. The van der Waals surface area contributed by atoms with Gasteiger partial charge >= 0.3 is 0 Å². The Hall–Kier alpha value is 2.08. The Morgan fingerprint density at radius 3 is 0.600 bits per heavy atom. The third-order valence-corrected chi connectivity index (χ3v) is 0. The molecule has 0 N–H and O–H groups in total. The molecule has 0 atom stereocenters. The molecule has 0 amide bonds. The average Bonchev–Trinajstić information content (AvgIpc) is 0.